The topological polar surface area (TPSA) is 20.2 Å². The molecule has 1 N–H and O–H groups in total. The number of phenolic OH excluding ortho intramolecular Hbond substituents is 1. The lowest BCUT2D eigenvalue weighted by atomic mass is 9.87. The molecule has 0 atom stereocenters. The molecule has 0 bridgehead atoms. The molecule has 0 aliphatic rings. The Balaban J connectivity index is 1.79. The zero-order chi connectivity index (χ0) is 20.1. The number of aromatic hydroxyl groups is 1. The van der Waals surface area contributed by atoms with Gasteiger partial charge in [-0.25, -0.2) is 0 Å². The first-order valence-corrected chi connectivity index (χ1v) is 10.1. The quantitative estimate of drug-likeness (QED) is 0.407. The van der Waals surface area contributed by atoms with Crippen molar-refractivity contribution in [2.75, 3.05) is 0 Å². The lowest BCUT2D eigenvalue weighted by Gasteiger charge is -2.18. The van der Waals surface area contributed by atoms with Crippen LogP contribution in [0.2, 0.25) is 0 Å². The highest BCUT2D eigenvalue weighted by Gasteiger charge is 2.14. The van der Waals surface area contributed by atoms with E-state index in [-0.39, 0.29) is 0 Å². The maximum absolute atomic E-state index is 10.4. The Morgan fingerprint density at radius 3 is 1.55 bits per heavy atom. The normalized spacial score (nSPS) is 10.8. The summed E-state index contributed by atoms with van der Waals surface area (Å²) in [5, 5.41) is 10.4. The molecule has 0 heterocycles. The van der Waals surface area contributed by atoms with Gasteiger partial charge in [-0.1, -0.05) is 96.6 Å². The molecule has 0 fully saturated rings. The van der Waals surface area contributed by atoms with E-state index >= 15 is 0 Å². The van der Waals surface area contributed by atoms with Gasteiger partial charge in [-0.2, -0.15) is 0 Å². The molecule has 0 aliphatic carbocycles. The van der Waals surface area contributed by atoms with Crippen molar-refractivity contribution >= 4 is 0 Å². The molecular weight excluding hydrogens is 352 g/mol. The van der Waals surface area contributed by atoms with E-state index < -0.39 is 0 Å². The fraction of sp³-hybridized carbons (Fsp3) is 0.143. The first-order valence-electron chi connectivity index (χ1n) is 10.1. The zero-order valence-electron chi connectivity index (χ0n) is 16.8. The summed E-state index contributed by atoms with van der Waals surface area (Å²) in [5.41, 5.74) is 8.87. The fourth-order valence-corrected chi connectivity index (χ4v) is 4.00. The molecule has 0 radical (unpaired) electrons. The molecule has 0 saturated heterocycles. The van der Waals surface area contributed by atoms with Gasteiger partial charge >= 0.3 is 0 Å². The summed E-state index contributed by atoms with van der Waals surface area (Å²) in [4.78, 5) is 0. The maximum atomic E-state index is 10.4. The molecule has 0 amide bonds. The first-order chi connectivity index (χ1) is 14.2. The van der Waals surface area contributed by atoms with E-state index in [1.807, 2.05) is 18.2 Å². The van der Waals surface area contributed by atoms with Crippen LogP contribution >= 0.6 is 0 Å². The Labute approximate surface area is 173 Å². The molecule has 0 unspecified atom stereocenters. The van der Waals surface area contributed by atoms with E-state index in [0.29, 0.717) is 5.75 Å². The van der Waals surface area contributed by atoms with Crippen LogP contribution in [0.5, 0.6) is 5.75 Å². The van der Waals surface area contributed by atoms with Crippen LogP contribution in [-0.4, -0.2) is 5.11 Å². The highest BCUT2D eigenvalue weighted by Crippen LogP contribution is 2.28. The molecule has 4 aromatic rings. The van der Waals surface area contributed by atoms with Gasteiger partial charge < -0.3 is 5.11 Å². The lowest BCUT2D eigenvalue weighted by molar-refractivity contribution is 0.469. The summed E-state index contributed by atoms with van der Waals surface area (Å²) >= 11 is 0. The second-order valence-corrected chi connectivity index (χ2v) is 7.69. The molecule has 0 aliphatic heterocycles. The van der Waals surface area contributed by atoms with Crippen molar-refractivity contribution in [3.8, 4) is 5.75 Å². The standard InChI is InChI=1S/C28H26O/c1-21-16-25(18-22-10-4-2-5-11-22)27(20-24-14-8-9-15-28(24)29)26(17-21)19-23-12-6-3-7-13-23/h2-17,29H,18-20H2,1H3. The number of hydrogen-bond acceptors (Lipinski definition) is 1. The highest BCUT2D eigenvalue weighted by atomic mass is 16.3. The number of hydrogen-bond donors (Lipinski definition) is 1. The number of rotatable bonds is 6. The smallest absolute Gasteiger partial charge is 0.119 e. The van der Waals surface area contributed by atoms with Crippen molar-refractivity contribution in [1.82, 2.24) is 0 Å². The van der Waals surface area contributed by atoms with E-state index in [0.717, 1.165) is 24.8 Å². The molecule has 4 rings (SSSR count). The van der Waals surface area contributed by atoms with Crippen LogP contribution in [0.15, 0.2) is 97.1 Å². The average molecular weight is 379 g/mol. The van der Waals surface area contributed by atoms with Gasteiger partial charge in [-0.05, 0) is 59.2 Å². The first kappa shape index (κ1) is 19.0. The molecule has 29 heavy (non-hydrogen) atoms. The van der Waals surface area contributed by atoms with Crippen molar-refractivity contribution in [2.24, 2.45) is 0 Å². The van der Waals surface area contributed by atoms with Gasteiger partial charge in [-0.15, -0.1) is 0 Å². The van der Waals surface area contributed by atoms with Crippen LogP contribution in [0.25, 0.3) is 0 Å². The van der Waals surface area contributed by atoms with Crippen LogP contribution in [0.4, 0.5) is 0 Å². The third kappa shape index (κ3) is 4.75. The van der Waals surface area contributed by atoms with Gasteiger partial charge in [0.15, 0.2) is 0 Å². The van der Waals surface area contributed by atoms with Crippen LogP contribution in [0.3, 0.4) is 0 Å². The summed E-state index contributed by atoms with van der Waals surface area (Å²) in [5.74, 6) is 0.365. The molecule has 1 nitrogen and oxygen atoms in total. The largest absolute Gasteiger partial charge is 0.508 e. The summed E-state index contributed by atoms with van der Waals surface area (Å²) in [6.07, 6.45) is 2.53. The highest BCUT2D eigenvalue weighted by molar-refractivity contribution is 5.48. The molecular formula is C28H26O. The molecule has 1 heteroatoms. The second-order valence-electron chi connectivity index (χ2n) is 7.69. The average Bonchev–Trinajstić information content (AvgIpc) is 2.73. The Morgan fingerprint density at radius 2 is 1.03 bits per heavy atom. The summed E-state index contributed by atoms with van der Waals surface area (Å²) < 4.78 is 0. The minimum absolute atomic E-state index is 0.365. The SMILES string of the molecule is Cc1cc(Cc2ccccc2)c(Cc2ccccc2O)c(Cc2ccccc2)c1. The Hall–Kier alpha value is -3.32. The van der Waals surface area contributed by atoms with E-state index in [1.54, 1.807) is 6.07 Å². The van der Waals surface area contributed by atoms with Gasteiger partial charge in [-0.3, -0.25) is 0 Å². The van der Waals surface area contributed by atoms with E-state index in [2.05, 4.69) is 79.7 Å². The van der Waals surface area contributed by atoms with Crippen molar-refractivity contribution in [1.29, 1.82) is 0 Å². The van der Waals surface area contributed by atoms with E-state index in [1.165, 1.54) is 33.4 Å². The van der Waals surface area contributed by atoms with Gasteiger partial charge in [0.1, 0.15) is 5.75 Å². The van der Waals surface area contributed by atoms with E-state index in [9.17, 15) is 5.11 Å². The summed E-state index contributed by atoms with van der Waals surface area (Å²) in [6.45, 7) is 2.17. The summed E-state index contributed by atoms with van der Waals surface area (Å²) in [6, 6.07) is 33.5. The zero-order valence-corrected chi connectivity index (χ0v) is 16.8. The predicted octanol–water partition coefficient (Wildman–Crippen LogP) is 6.47. The number of benzene rings is 4. The van der Waals surface area contributed by atoms with Gasteiger partial charge in [0.2, 0.25) is 0 Å². The van der Waals surface area contributed by atoms with Crippen LogP contribution in [0.1, 0.15) is 38.9 Å². The molecule has 144 valence electrons. The molecule has 0 aromatic heterocycles. The Kier molecular flexibility index (Phi) is 5.76. The molecule has 0 saturated carbocycles. The number of para-hydroxylation sites is 1. The fourth-order valence-electron chi connectivity index (χ4n) is 4.00. The number of phenols is 1. The van der Waals surface area contributed by atoms with Gasteiger partial charge in [0, 0.05) is 6.42 Å². The Bertz CT molecular complexity index is 1020. The van der Waals surface area contributed by atoms with Gasteiger partial charge in [0.05, 0.1) is 0 Å². The van der Waals surface area contributed by atoms with Crippen LogP contribution in [-0.2, 0) is 19.3 Å². The minimum Gasteiger partial charge on any atom is -0.508 e. The minimum atomic E-state index is 0.365. The third-order valence-electron chi connectivity index (χ3n) is 5.41. The predicted molar refractivity (Wildman–Crippen MR) is 121 cm³/mol. The van der Waals surface area contributed by atoms with Crippen molar-refractivity contribution in [2.45, 2.75) is 26.2 Å². The van der Waals surface area contributed by atoms with Crippen LogP contribution in [0, 0.1) is 6.92 Å². The van der Waals surface area contributed by atoms with Crippen molar-refractivity contribution in [3.63, 3.8) is 0 Å². The summed E-state index contributed by atoms with van der Waals surface area (Å²) in [7, 11) is 0. The Morgan fingerprint density at radius 1 is 0.552 bits per heavy atom. The third-order valence-corrected chi connectivity index (χ3v) is 5.41. The van der Waals surface area contributed by atoms with Crippen LogP contribution < -0.4 is 0 Å². The van der Waals surface area contributed by atoms with Crippen molar-refractivity contribution in [3.05, 3.63) is 136 Å². The monoisotopic (exact) mass is 378 g/mol. The second kappa shape index (κ2) is 8.79. The lowest BCUT2D eigenvalue weighted by Crippen LogP contribution is -2.05. The molecule has 0 spiro atoms. The maximum Gasteiger partial charge on any atom is 0.119 e. The molecule has 4 aromatic carbocycles. The van der Waals surface area contributed by atoms with Crippen molar-refractivity contribution < 1.29 is 5.11 Å². The number of aryl methyl sites for hydroxylation is 1. The van der Waals surface area contributed by atoms with E-state index in [4.69, 9.17) is 0 Å². The van der Waals surface area contributed by atoms with Gasteiger partial charge in [0.25, 0.3) is 0 Å².